The Bertz CT molecular complexity index is 805. The zero-order valence-corrected chi connectivity index (χ0v) is 25.1. The molecule has 0 heterocycles. The van der Waals surface area contributed by atoms with Crippen molar-refractivity contribution >= 4 is 28.3 Å². The maximum Gasteiger partial charge on any atom is 0.0804 e. The highest BCUT2D eigenvalue weighted by Crippen LogP contribution is 2.44. The summed E-state index contributed by atoms with van der Waals surface area (Å²) >= 11 is 0. The van der Waals surface area contributed by atoms with Crippen molar-refractivity contribution in [2.75, 3.05) is 0 Å². The van der Waals surface area contributed by atoms with Crippen LogP contribution in [0, 0.1) is 0 Å². The number of rotatable bonds is 10. The van der Waals surface area contributed by atoms with Crippen molar-refractivity contribution in [3.8, 4) is 0 Å². The molecule has 0 spiro atoms. The lowest BCUT2D eigenvalue weighted by Crippen LogP contribution is -2.43. The van der Waals surface area contributed by atoms with Crippen molar-refractivity contribution in [2.24, 2.45) is 0 Å². The molecule has 0 aromatic heterocycles. The third-order valence-electron chi connectivity index (χ3n) is 5.95. The molecule has 0 saturated carbocycles. The van der Waals surface area contributed by atoms with Crippen LogP contribution in [0.15, 0.2) is 36.4 Å². The highest BCUT2D eigenvalue weighted by Gasteiger charge is 2.22. The van der Waals surface area contributed by atoms with E-state index in [4.69, 9.17) is 14.1 Å². The topological polar surface area (TPSA) is 37.4 Å². The summed E-state index contributed by atoms with van der Waals surface area (Å²) in [6.07, 6.45) is 0. The molecule has 0 saturated heterocycles. The highest BCUT2D eigenvalue weighted by atomic mass is 28.4. The molecule has 2 aromatic carbocycles. The molecule has 0 aliphatic heterocycles. The summed E-state index contributed by atoms with van der Waals surface area (Å²) in [5.74, 6) is 1.70. The van der Waals surface area contributed by atoms with Crippen molar-refractivity contribution in [1.29, 1.82) is 0 Å². The van der Waals surface area contributed by atoms with Gasteiger partial charge < -0.3 is 14.1 Å². The van der Waals surface area contributed by atoms with Gasteiger partial charge in [0.05, 0.1) is 17.0 Å². The average molecular weight is 483 g/mol. The molecule has 2 aromatic rings. The van der Waals surface area contributed by atoms with E-state index in [1.807, 2.05) is 0 Å². The first-order chi connectivity index (χ1) is 15.1. The van der Waals surface area contributed by atoms with Crippen LogP contribution < -0.4 is 0 Å². The summed E-state index contributed by atoms with van der Waals surface area (Å²) in [6.45, 7) is 26.9. The Labute approximate surface area is 206 Å². The van der Waals surface area contributed by atoms with E-state index in [9.17, 15) is 0 Å². The van der Waals surface area contributed by atoms with Crippen LogP contribution in [-0.4, -0.2) is 17.0 Å². The molecule has 0 radical (unpaired) electrons. The summed E-state index contributed by atoms with van der Waals surface area (Å²) in [7, 11) is -4.77. The van der Waals surface area contributed by atoms with Gasteiger partial charge in [-0.1, -0.05) is 140 Å². The minimum Gasteiger partial charge on any atom is -0.666 e. The Morgan fingerprint density at radius 1 is 0.515 bits per heavy atom. The van der Waals surface area contributed by atoms with Crippen LogP contribution in [0.2, 0.25) is 26.2 Å². The van der Waals surface area contributed by atoms with E-state index in [0.29, 0.717) is 23.7 Å². The summed E-state index contributed by atoms with van der Waals surface area (Å²) in [5.41, 5.74) is 7.55. The minimum absolute atomic E-state index is 0.425. The number of benzene rings is 2. The average Bonchev–Trinajstić information content (AvgIpc) is 2.65. The van der Waals surface area contributed by atoms with Gasteiger partial charge in [0.1, 0.15) is 0 Å². The molecule has 33 heavy (non-hydrogen) atoms. The lowest BCUT2D eigenvalue weighted by Gasteiger charge is -2.53. The molecule has 0 atom stereocenters. The molecule has 0 N–H and O–H groups in total. The van der Waals surface area contributed by atoms with E-state index in [1.165, 1.54) is 22.3 Å². The summed E-state index contributed by atoms with van der Waals surface area (Å²) < 4.78 is 6.92. The molecule has 2 rings (SSSR count). The Balaban J connectivity index is 2.38. The number of nitrogens with zero attached hydrogens (tertiary/aromatic N) is 2. The van der Waals surface area contributed by atoms with Crippen LogP contribution in [-0.2, 0) is 4.12 Å². The second-order valence-electron chi connectivity index (χ2n) is 11.4. The van der Waals surface area contributed by atoms with E-state index in [0.717, 1.165) is 11.4 Å². The highest BCUT2D eigenvalue weighted by molar-refractivity contribution is 6.90. The van der Waals surface area contributed by atoms with Gasteiger partial charge in [0.15, 0.2) is 0 Å². The smallest absolute Gasteiger partial charge is 0.0804 e. The molecule has 0 fully saturated rings. The van der Waals surface area contributed by atoms with Gasteiger partial charge in [-0.05, 0) is 23.7 Å². The molecule has 0 unspecified atom stereocenters. The fraction of sp³-hybridized carbons (Fsp3) is 0.571. The van der Waals surface area contributed by atoms with Gasteiger partial charge in [-0.2, -0.15) is 0 Å². The normalized spacial score (nSPS) is 12.8. The standard InChI is InChI=1S/C28H46N2OSi2/c1-19(2)23-15-13-16-24(20(3)4)27(23)29-32(9,10)31-33(11,12)30-28-25(21(5)6)17-14-18-26(28)22(7)8/h13-22H,1-12H3/q-2. The van der Waals surface area contributed by atoms with Crippen LogP contribution in [0.5, 0.6) is 0 Å². The molecule has 0 amide bonds. The third-order valence-corrected chi connectivity index (χ3v) is 11.5. The van der Waals surface area contributed by atoms with E-state index >= 15 is 0 Å². The molecule has 3 nitrogen and oxygen atoms in total. The van der Waals surface area contributed by atoms with Crippen molar-refractivity contribution < 1.29 is 4.12 Å². The van der Waals surface area contributed by atoms with Gasteiger partial charge in [-0.25, -0.2) is 0 Å². The van der Waals surface area contributed by atoms with Gasteiger partial charge in [0, 0.05) is 0 Å². The maximum absolute atomic E-state index is 6.92. The Morgan fingerprint density at radius 3 is 0.970 bits per heavy atom. The van der Waals surface area contributed by atoms with Crippen LogP contribution in [0.25, 0.3) is 9.96 Å². The lowest BCUT2D eigenvalue weighted by atomic mass is 9.93. The first kappa shape index (κ1) is 27.7. The van der Waals surface area contributed by atoms with Crippen LogP contribution >= 0.6 is 0 Å². The SMILES string of the molecule is CC(C)c1cccc(C(C)C)c1[N-][Si](C)(C)O[Si](C)(C)[N-]c1c(C(C)C)cccc1C(C)C. The third kappa shape index (κ3) is 7.21. The first-order valence-corrected chi connectivity index (χ1v) is 18.3. The van der Waals surface area contributed by atoms with Gasteiger partial charge in [0.25, 0.3) is 0 Å². The second-order valence-corrected chi connectivity index (χ2v) is 18.5. The van der Waals surface area contributed by atoms with Crippen molar-refractivity contribution in [2.45, 2.75) is 105 Å². The summed E-state index contributed by atoms with van der Waals surface area (Å²) in [6, 6.07) is 13.2. The van der Waals surface area contributed by atoms with E-state index in [-0.39, 0.29) is 0 Å². The van der Waals surface area contributed by atoms with Gasteiger partial charge in [0.2, 0.25) is 0 Å². The van der Waals surface area contributed by atoms with Crippen LogP contribution in [0.3, 0.4) is 0 Å². The van der Waals surface area contributed by atoms with Gasteiger partial charge in [-0.15, -0.1) is 11.4 Å². The first-order valence-electron chi connectivity index (χ1n) is 12.6. The molecular weight excluding hydrogens is 436 g/mol. The van der Waals surface area contributed by atoms with Gasteiger partial charge >= 0.3 is 0 Å². The largest absolute Gasteiger partial charge is 0.666 e. The monoisotopic (exact) mass is 482 g/mol. The summed E-state index contributed by atoms with van der Waals surface area (Å²) in [5, 5.41) is 0. The van der Waals surface area contributed by atoms with E-state index in [2.05, 4.69) is 118 Å². The number of hydrogen-bond donors (Lipinski definition) is 0. The minimum atomic E-state index is -2.38. The van der Waals surface area contributed by atoms with Crippen LogP contribution in [0.4, 0.5) is 11.4 Å². The lowest BCUT2D eigenvalue weighted by molar-refractivity contribution is 0.565. The van der Waals surface area contributed by atoms with E-state index in [1.54, 1.807) is 0 Å². The predicted molar refractivity (Wildman–Crippen MR) is 151 cm³/mol. The second kappa shape index (κ2) is 10.8. The predicted octanol–water partition coefficient (Wildman–Crippen LogP) is 10.3. The maximum atomic E-state index is 6.92. The zero-order chi connectivity index (χ0) is 25.1. The molecule has 0 bridgehead atoms. The molecule has 0 aliphatic carbocycles. The molecule has 0 aliphatic rings. The summed E-state index contributed by atoms with van der Waals surface area (Å²) in [4.78, 5) is 10.7. The Kier molecular flexibility index (Phi) is 9.05. The van der Waals surface area contributed by atoms with Gasteiger partial charge in [-0.3, -0.25) is 0 Å². The van der Waals surface area contributed by atoms with E-state index < -0.39 is 17.0 Å². The fourth-order valence-corrected chi connectivity index (χ4v) is 11.3. The van der Waals surface area contributed by atoms with Crippen molar-refractivity contribution in [1.82, 2.24) is 0 Å². The molecule has 184 valence electrons. The quantitative estimate of drug-likeness (QED) is 0.310. The van der Waals surface area contributed by atoms with Crippen LogP contribution in [0.1, 0.15) is 101 Å². The fourth-order valence-electron chi connectivity index (χ4n) is 4.48. The Hall–Kier alpha value is -1.57. The Morgan fingerprint density at radius 2 is 0.758 bits per heavy atom. The number of hydrogen-bond acceptors (Lipinski definition) is 1. The molecule has 5 heteroatoms. The van der Waals surface area contributed by atoms with Crippen molar-refractivity contribution in [3.63, 3.8) is 0 Å². The molecular formula is C28H46N2OSi2-2. The van der Waals surface area contributed by atoms with Crippen molar-refractivity contribution in [3.05, 3.63) is 68.6 Å². The zero-order valence-electron chi connectivity index (χ0n) is 23.1.